The van der Waals surface area contributed by atoms with Gasteiger partial charge in [0.25, 0.3) is 0 Å². The molecule has 2 heteroatoms. The van der Waals surface area contributed by atoms with Crippen molar-refractivity contribution in [3.63, 3.8) is 0 Å². The van der Waals surface area contributed by atoms with Crippen molar-refractivity contribution in [2.75, 3.05) is 13.1 Å². The van der Waals surface area contributed by atoms with Crippen LogP contribution in [0.25, 0.3) is 0 Å². The maximum Gasteiger partial charge on any atom is 0.0262 e. The van der Waals surface area contributed by atoms with E-state index in [0.29, 0.717) is 0 Å². The first-order chi connectivity index (χ1) is 5.34. The van der Waals surface area contributed by atoms with Gasteiger partial charge in [-0.05, 0) is 30.7 Å². The van der Waals surface area contributed by atoms with Crippen LogP contribution in [-0.2, 0) is 0 Å². The third-order valence-electron chi connectivity index (χ3n) is 2.14. The molecule has 0 aliphatic carbocycles. The summed E-state index contributed by atoms with van der Waals surface area (Å²) in [5, 5.41) is 3.31. The summed E-state index contributed by atoms with van der Waals surface area (Å²) < 4.78 is 0. The van der Waals surface area contributed by atoms with E-state index in [1.165, 1.54) is 30.6 Å². The van der Waals surface area contributed by atoms with Crippen molar-refractivity contribution in [2.24, 2.45) is 0 Å². The SMILES string of the molecule is CCCCC1=C(S)CNCC1. The Kier molecular flexibility index (Phi) is 4.02. The molecular formula is C9H17NS. The average molecular weight is 171 g/mol. The fraction of sp³-hybridized carbons (Fsp3) is 0.778. The van der Waals surface area contributed by atoms with Gasteiger partial charge in [0.05, 0.1) is 0 Å². The van der Waals surface area contributed by atoms with Crippen LogP contribution in [0.4, 0.5) is 0 Å². The van der Waals surface area contributed by atoms with Gasteiger partial charge in [-0.3, -0.25) is 0 Å². The van der Waals surface area contributed by atoms with Crippen LogP contribution in [-0.4, -0.2) is 13.1 Å². The minimum Gasteiger partial charge on any atom is -0.312 e. The molecule has 64 valence electrons. The molecule has 0 unspecified atom stereocenters. The van der Waals surface area contributed by atoms with Crippen molar-refractivity contribution in [2.45, 2.75) is 32.6 Å². The Bertz CT molecular complexity index is 152. The Hall–Kier alpha value is 0.0500. The van der Waals surface area contributed by atoms with Crippen molar-refractivity contribution in [3.05, 3.63) is 10.5 Å². The minimum absolute atomic E-state index is 0.988. The van der Waals surface area contributed by atoms with Crippen molar-refractivity contribution in [1.29, 1.82) is 0 Å². The topological polar surface area (TPSA) is 12.0 Å². The summed E-state index contributed by atoms with van der Waals surface area (Å²) in [6.07, 6.45) is 5.08. The summed E-state index contributed by atoms with van der Waals surface area (Å²) in [4.78, 5) is 1.28. The number of hydrogen-bond acceptors (Lipinski definition) is 2. The second kappa shape index (κ2) is 4.83. The lowest BCUT2D eigenvalue weighted by atomic mass is 10.0. The van der Waals surface area contributed by atoms with Crippen LogP contribution < -0.4 is 5.32 Å². The van der Waals surface area contributed by atoms with Gasteiger partial charge in [0.15, 0.2) is 0 Å². The molecule has 0 radical (unpaired) electrons. The minimum atomic E-state index is 0.988. The highest BCUT2D eigenvalue weighted by Crippen LogP contribution is 2.20. The lowest BCUT2D eigenvalue weighted by molar-refractivity contribution is 0.655. The summed E-state index contributed by atoms with van der Waals surface area (Å²) in [7, 11) is 0. The maximum absolute atomic E-state index is 4.45. The molecule has 11 heavy (non-hydrogen) atoms. The van der Waals surface area contributed by atoms with Crippen molar-refractivity contribution in [1.82, 2.24) is 5.32 Å². The first-order valence-corrected chi connectivity index (χ1v) is 4.90. The molecule has 0 atom stereocenters. The molecule has 1 rings (SSSR count). The van der Waals surface area contributed by atoms with Gasteiger partial charge in [-0.2, -0.15) is 0 Å². The van der Waals surface area contributed by atoms with Crippen LogP contribution in [0.5, 0.6) is 0 Å². The molecule has 1 heterocycles. The molecular weight excluding hydrogens is 154 g/mol. The summed E-state index contributed by atoms with van der Waals surface area (Å²) in [5.41, 5.74) is 1.58. The van der Waals surface area contributed by atoms with Gasteiger partial charge in [-0.15, -0.1) is 12.6 Å². The Labute approximate surface area is 74.7 Å². The van der Waals surface area contributed by atoms with Crippen LogP contribution in [0.1, 0.15) is 32.6 Å². The van der Waals surface area contributed by atoms with E-state index in [0.717, 1.165) is 13.1 Å². The molecule has 1 nitrogen and oxygen atoms in total. The molecule has 0 fully saturated rings. The molecule has 0 bridgehead atoms. The standard InChI is InChI=1S/C9H17NS/c1-2-3-4-8-5-6-10-7-9(8)11/h10-11H,2-7H2,1H3. The summed E-state index contributed by atoms with van der Waals surface area (Å²) in [6.45, 7) is 4.37. The quantitative estimate of drug-likeness (QED) is 0.621. The highest BCUT2D eigenvalue weighted by Gasteiger charge is 2.07. The fourth-order valence-electron chi connectivity index (χ4n) is 1.37. The highest BCUT2D eigenvalue weighted by molar-refractivity contribution is 7.84. The first kappa shape index (κ1) is 9.14. The largest absolute Gasteiger partial charge is 0.312 e. The second-order valence-corrected chi connectivity index (χ2v) is 3.62. The zero-order valence-corrected chi connectivity index (χ0v) is 8.08. The van der Waals surface area contributed by atoms with Gasteiger partial charge in [0.1, 0.15) is 0 Å². The van der Waals surface area contributed by atoms with Crippen LogP contribution in [0.15, 0.2) is 10.5 Å². The van der Waals surface area contributed by atoms with Crippen LogP contribution in [0.3, 0.4) is 0 Å². The van der Waals surface area contributed by atoms with E-state index in [9.17, 15) is 0 Å². The van der Waals surface area contributed by atoms with Crippen LogP contribution >= 0.6 is 12.6 Å². The molecule has 0 aromatic rings. The van der Waals surface area contributed by atoms with Gasteiger partial charge >= 0.3 is 0 Å². The predicted octanol–water partition coefficient (Wildman–Crippen LogP) is 2.35. The van der Waals surface area contributed by atoms with E-state index in [1.54, 1.807) is 5.57 Å². The van der Waals surface area contributed by atoms with Gasteiger partial charge in [0.2, 0.25) is 0 Å². The predicted molar refractivity (Wildman–Crippen MR) is 53.0 cm³/mol. The lowest BCUT2D eigenvalue weighted by Crippen LogP contribution is -2.23. The number of thiol groups is 1. The van der Waals surface area contributed by atoms with E-state index in [-0.39, 0.29) is 0 Å². The maximum atomic E-state index is 4.45. The fourth-order valence-corrected chi connectivity index (χ4v) is 1.71. The Balaban J connectivity index is 2.39. The smallest absolute Gasteiger partial charge is 0.0262 e. The zero-order chi connectivity index (χ0) is 8.10. The van der Waals surface area contributed by atoms with E-state index < -0.39 is 0 Å². The average Bonchev–Trinajstić information content (AvgIpc) is 2.03. The number of rotatable bonds is 3. The van der Waals surface area contributed by atoms with Crippen LogP contribution in [0.2, 0.25) is 0 Å². The normalized spacial score (nSPS) is 19.1. The summed E-state index contributed by atoms with van der Waals surface area (Å²) in [5.74, 6) is 0. The van der Waals surface area contributed by atoms with Crippen LogP contribution in [0, 0.1) is 0 Å². The molecule has 0 amide bonds. The van der Waals surface area contributed by atoms with Crippen molar-refractivity contribution in [3.8, 4) is 0 Å². The summed E-state index contributed by atoms with van der Waals surface area (Å²) in [6, 6.07) is 0. The Morgan fingerprint density at radius 2 is 2.36 bits per heavy atom. The van der Waals surface area contributed by atoms with E-state index in [1.807, 2.05) is 0 Å². The van der Waals surface area contributed by atoms with Gasteiger partial charge < -0.3 is 5.32 Å². The van der Waals surface area contributed by atoms with Gasteiger partial charge in [0, 0.05) is 6.54 Å². The zero-order valence-electron chi connectivity index (χ0n) is 7.19. The van der Waals surface area contributed by atoms with Crippen molar-refractivity contribution >= 4 is 12.6 Å². The van der Waals surface area contributed by atoms with E-state index >= 15 is 0 Å². The molecule has 0 saturated carbocycles. The molecule has 0 spiro atoms. The molecule has 1 aliphatic heterocycles. The Morgan fingerprint density at radius 1 is 1.55 bits per heavy atom. The number of nitrogens with one attached hydrogen (secondary N) is 1. The highest BCUT2D eigenvalue weighted by atomic mass is 32.1. The first-order valence-electron chi connectivity index (χ1n) is 4.45. The lowest BCUT2D eigenvalue weighted by Gasteiger charge is -2.17. The third kappa shape index (κ3) is 2.88. The van der Waals surface area contributed by atoms with E-state index in [2.05, 4.69) is 24.9 Å². The monoisotopic (exact) mass is 171 g/mol. The molecule has 0 saturated heterocycles. The number of hydrogen-bond donors (Lipinski definition) is 2. The Morgan fingerprint density at radius 3 is 3.00 bits per heavy atom. The van der Waals surface area contributed by atoms with Gasteiger partial charge in [-0.1, -0.05) is 18.9 Å². The van der Waals surface area contributed by atoms with Crippen molar-refractivity contribution < 1.29 is 0 Å². The molecule has 1 aliphatic rings. The molecule has 1 N–H and O–H groups in total. The molecule has 0 aromatic heterocycles. The van der Waals surface area contributed by atoms with E-state index in [4.69, 9.17) is 0 Å². The third-order valence-corrected chi connectivity index (χ3v) is 2.61. The number of unbranched alkanes of at least 4 members (excludes halogenated alkanes) is 1. The second-order valence-electron chi connectivity index (χ2n) is 3.08. The summed E-state index contributed by atoms with van der Waals surface area (Å²) >= 11 is 4.45. The molecule has 0 aromatic carbocycles. The van der Waals surface area contributed by atoms with Gasteiger partial charge in [-0.25, -0.2) is 0 Å².